The van der Waals surface area contributed by atoms with Gasteiger partial charge in [0.25, 0.3) is 0 Å². The third kappa shape index (κ3) is 3.68. The van der Waals surface area contributed by atoms with Crippen molar-refractivity contribution in [3.8, 4) is 5.75 Å². The van der Waals surface area contributed by atoms with Gasteiger partial charge in [-0.15, -0.1) is 0 Å². The predicted molar refractivity (Wildman–Crippen MR) is 76.5 cm³/mol. The van der Waals surface area contributed by atoms with E-state index in [0.717, 1.165) is 12.1 Å². The number of carbonyl (C=O) groups excluding carboxylic acids is 1. The van der Waals surface area contributed by atoms with Crippen LogP contribution < -0.4 is 15.4 Å². The quantitative estimate of drug-likeness (QED) is 0.890. The molecule has 0 atom stereocenters. The normalized spacial score (nSPS) is 10.0. The molecule has 2 rings (SSSR count). The number of rotatable bonds is 5. The van der Waals surface area contributed by atoms with Crippen LogP contribution in [-0.2, 0) is 4.79 Å². The number of halogens is 2. The van der Waals surface area contributed by atoms with Crippen LogP contribution in [0.2, 0.25) is 0 Å². The fourth-order valence-corrected chi connectivity index (χ4v) is 1.77. The highest BCUT2D eigenvalue weighted by Gasteiger charge is 2.12. The Kier molecular flexibility index (Phi) is 4.71. The molecule has 0 radical (unpaired) electrons. The van der Waals surface area contributed by atoms with E-state index < -0.39 is 23.2 Å². The fraction of sp³-hybridized carbons (Fsp3) is 0.133. The van der Waals surface area contributed by atoms with Gasteiger partial charge in [-0.1, -0.05) is 18.2 Å². The van der Waals surface area contributed by atoms with Crippen LogP contribution in [0.3, 0.4) is 0 Å². The van der Waals surface area contributed by atoms with E-state index in [1.807, 2.05) is 0 Å². The number of benzene rings is 2. The van der Waals surface area contributed by atoms with Crippen LogP contribution in [0.4, 0.5) is 20.2 Å². The molecule has 0 heterocycles. The van der Waals surface area contributed by atoms with Gasteiger partial charge in [0.1, 0.15) is 23.1 Å². The van der Waals surface area contributed by atoms with Gasteiger partial charge in [-0.05, 0) is 24.3 Å². The lowest BCUT2D eigenvalue weighted by Crippen LogP contribution is -2.23. The lowest BCUT2D eigenvalue weighted by Gasteiger charge is -2.11. The van der Waals surface area contributed by atoms with Crippen molar-refractivity contribution in [2.24, 2.45) is 0 Å². The second kappa shape index (κ2) is 6.69. The van der Waals surface area contributed by atoms with Gasteiger partial charge in [-0.2, -0.15) is 0 Å². The summed E-state index contributed by atoms with van der Waals surface area (Å²) in [5.41, 5.74) is 0.161. The van der Waals surface area contributed by atoms with Crippen LogP contribution in [0.25, 0.3) is 0 Å². The Morgan fingerprint density at radius 3 is 2.43 bits per heavy atom. The van der Waals surface area contributed by atoms with Crippen LogP contribution in [0.15, 0.2) is 42.5 Å². The number of ether oxygens (including phenoxy) is 1. The summed E-state index contributed by atoms with van der Waals surface area (Å²) in [5.74, 6) is -1.63. The van der Waals surface area contributed by atoms with Crippen LogP contribution in [0, 0.1) is 11.6 Å². The average molecular weight is 292 g/mol. The maximum absolute atomic E-state index is 13.4. The molecule has 0 aliphatic rings. The van der Waals surface area contributed by atoms with E-state index >= 15 is 0 Å². The Bertz CT molecular complexity index is 627. The van der Waals surface area contributed by atoms with Crippen molar-refractivity contribution in [2.75, 3.05) is 24.3 Å². The molecule has 0 aliphatic carbocycles. The molecule has 0 fully saturated rings. The van der Waals surface area contributed by atoms with Crippen LogP contribution >= 0.6 is 0 Å². The van der Waals surface area contributed by atoms with Crippen molar-refractivity contribution in [1.29, 1.82) is 0 Å². The SMILES string of the molecule is COc1ccccc1NCC(=O)Nc1c(F)cccc1F. The minimum atomic E-state index is -0.819. The van der Waals surface area contributed by atoms with E-state index in [1.54, 1.807) is 24.3 Å². The maximum atomic E-state index is 13.4. The Morgan fingerprint density at radius 1 is 1.10 bits per heavy atom. The van der Waals surface area contributed by atoms with E-state index in [4.69, 9.17) is 4.74 Å². The first-order chi connectivity index (χ1) is 10.1. The van der Waals surface area contributed by atoms with Crippen LogP contribution in [0.5, 0.6) is 5.75 Å². The molecular weight excluding hydrogens is 278 g/mol. The first kappa shape index (κ1) is 14.8. The topological polar surface area (TPSA) is 50.4 Å². The molecule has 110 valence electrons. The molecule has 6 heteroatoms. The first-order valence-electron chi connectivity index (χ1n) is 6.22. The molecule has 4 nitrogen and oxygen atoms in total. The molecule has 0 spiro atoms. The molecule has 1 amide bonds. The van der Waals surface area contributed by atoms with Crippen molar-refractivity contribution in [1.82, 2.24) is 0 Å². The van der Waals surface area contributed by atoms with Crippen molar-refractivity contribution < 1.29 is 18.3 Å². The molecule has 2 aromatic carbocycles. The number of hydrogen-bond donors (Lipinski definition) is 2. The maximum Gasteiger partial charge on any atom is 0.243 e. The van der Waals surface area contributed by atoms with Gasteiger partial charge in [0.15, 0.2) is 0 Å². The van der Waals surface area contributed by atoms with Gasteiger partial charge in [0.05, 0.1) is 19.3 Å². The molecule has 21 heavy (non-hydrogen) atoms. The summed E-state index contributed by atoms with van der Waals surface area (Å²) in [5, 5.41) is 5.04. The number of para-hydroxylation sites is 3. The number of hydrogen-bond acceptors (Lipinski definition) is 3. The number of anilines is 2. The fourth-order valence-electron chi connectivity index (χ4n) is 1.77. The summed E-state index contributed by atoms with van der Waals surface area (Å²) < 4.78 is 31.9. The summed E-state index contributed by atoms with van der Waals surface area (Å²) in [6.45, 7) is -0.145. The lowest BCUT2D eigenvalue weighted by atomic mass is 10.2. The second-order valence-electron chi connectivity index (χ2n) is 4.20. The van der Waals surface area contributed by atoms with Gasteiger partial charge in [0, 0.05) is 0 Å². The van der Waals surface area contributed by atoms with E-state index in [-0.39, 0.29) is 6.54 Å². The monoisotopic (exact) mass is 292 g/mol. The molecular formula is C15H14F2N2O2. The van der Waals surface area contributed by atoms with Gasteiger partial charge in [0.2, 0.25) is 5.91 Å². The highest BCUT2D eigenvalue weighted by Crippen LogP contribution is 2.23. The Hall–Kier alpha value is -2.63. The smallest absolute Gasteiger partial charge is 0.243 e. The largest absolute Gasteiger partial charge is 0.495 e. The Balaban J connectivity index is 1.99. The van der Waals surface area contributed by atoms with Crippen molar-refractivity contribution in [2.45, 2.75) is 0 Å². The first-order valence-corrected chi connectivity index (χ1v) is 6.22. The van der Waals surface area contributed by atoms with E-state index in [1.165, 1.54) is 13.2 Å². The highest BCUT2D eigenvalue weighted by molar-refractivity contribution is 5.94. The van der Waals surface area contributed by atoms with E-state index in [9.17, 15) is 13.6 Å². The number of nitrogens with one attached hydrogen (secondary N) is 2. The van der Waals surface area contributed by atoms with E-state index in [0.29, 0.717) is 11.4 Å². The highest BCUT2D eigenvalue weighted by atomic mass is 19.1. The summed E-state index contributed by atoms with van der Waals surface area (Å²) in [6, 6.07) is 10.4. The van der Waals surface area contributed by atoms with Crippen LogP contribution in [-0.4, -0.2) is 19.6 Å². The molecule has 0 aliphatic heterocycles. The average Bonchev–Trinajstić information content (AvgIpc) is 2.49. The zero-order valence-electron chi connectivity index (χ0n) is 11.3. The Labute approximate surface area is 120 Å². The minimum absolute atomic E-state index is 0.145. The molecule has 0 saturated carbocycles. The molecule has 0 unspecified atom stereocenters. The van der Waals surface area contributed by atoms with Crippen molar-refractivity contribution in [3.63, 3.8) is 0 Å². The van der Waals surface area contributed by atoms with Gasteiger partial charge in [-0.25, -0.2) is 8.78 Å². The zero-order valence-corrected chi connectivity index (χ0v) is 11.3. The minimum Gasteiger partial charge on any atom is -0.495 e. The predicted octanol–water partition coefficient (Wildman–Crippen LogP) is 3.02. The second-order valence-corrected chi connectivity index (χ2v) is 4.20. The summed E-state index contributed by atoms with van der Waals surface area (Å²) in [6.07, 6.45) is 0. The summed E-state index contributed by atoms with van der Waals surface area (Å²) in [7, 11) is 1.51. The van der Waals surface area contributed by atoms with Gasteiger partial charge in [-0.3, -0.25) is 4.79 Å². The number of amides is 1. The standard InChI is InChI=1S/C15H14F2N2O2/c1-21-13-8-3-2-7-12(13)18-9-14(20)19-15-10(16)5-4-6-11(15)17/h2-8,18H,9H2,1H3,(H,19,20). The van der Waals surface area contributed by atoms with Crippen molar-refractivity contribution in [3.05, 3.63) is 54.1 Å². The number of carbonyl (C=O) groups is 1. The van der Waals surface area contributed by atoms with Crippen LogP contribution in [0.1, 0.15) is 0 Å². The zero-order chi connectivity index (χ0) is 15.2. The molecule has 2 N–H and O–H groups in total. The summed E-state index contributed by atoms with van der Waals surface area (Å²) in [4.78, 5) is 11.7. The van der Waals surface area contributed by atoms with E-state index in [2.05, 4.69) is 10.6 Å². The molecule has 0 bridgehead atoms. The Morgan fingerprint density at radius 2 is 1.76 bits per heavy atom. The summed E-state index contributed by atoms with van der Waals surface area (Å²) >= 11 is 0. The van der Waals surface area contributed by atoms with Gasteiger partial charge < -0.3 is 15.4 Å². The molecule has 0 saturated heterocycles. The molecule has 2 aromatic rings. The van der Waals surface area contributed by atoms with Gasteiger partial charge >= 0.3 is 0 Å². The third-order valence-electron chi connectivity index (χ3n) is 2.77. The lowest BCUT2D eigenvalue weighted by molar-refractivity contribution is -0.114. The van der Waals surface area contributed by atoms with Crippen molar-refractivity contribution >= 4 is 17.3 Å². The third-order valence-corrected chi connectivity index (χ3v) is 2.77. The number of methoxy groups -OCH3 is 1. The molecule has 0 aromatic heterocycles.